The predicted octanol–water partition coefficient (Wildman–Crippen LogP) is 6.71. The number of hydrogen-bond acceptors (Lipinski definition) is 1. The largest absolute Gasteiger partial charge is 0.240 e. The lowest BCUT2D eigenvalue weighted by Crippen LogP contribution is -2.05. The summed E-state index contributed by atoms with van der Waals surface area (Å²) in [7, 11) is 0. The summed E-state index contributed by atoms with van der Waals surface area (Å²) in [5.41, 5.74) is 7.03. The quantitative estimate of drug-likeness (QED) is 0.498. The summed E-state index contributed by atoms with van der Waals surface area (Å²) >= 11 is 6.27. The van der Waals surface area contributed by atoms with E-state index in [0.717, 1.165) is 34.8 Å². The zero-order valence-corrected chi connectivity index (χ0v) is 16.1. The highest BCUT2D eigenvalue weighted by atomic mass is 35.5. The molecule has 0 N–H and O–H groups in total. The van der Waals surface area contributed by atoms with E-state index >= 15 is 0 Å². The van der Waals surface area contributed by atoms with E-state index in [2.05, 4.69) is 50.1 Å². The van der Waals surface area contributed by atoms with E-state index in [-0.39, 0.29) is 0 Å². The number of benzene rings is 2. The minimum absolute atomic E-state index is 0.537. The summed E-state index contributed by atoms with van der Waals surface area (Å²) in [4.78, 5) is 0. The van der Waals surface area contributed by atoms with E-state index in [1.165, 1.54) is 16.7 Å². The van der Waals surface area contributed by atoms with Crippen LogP contribution in [0.2, 0.25) is 5.02 Å². The Balaban J connectivity index is 2.17. The Bertz CT molecular complexity index is 855. The van der Waals surface area contributed by atoms with Crippen molar-refractivity contribution in [1.29, 1.82) is 0 Å². The van der Waals surface area contributed by atoms with Gasteiger partial charge in [-0.1, -0.05) is 43.6 Å². The maximum atomic E-state index is 6.27. The SMILES string of the molecule is CCC(CC)c1ccc(-c2cc(C)cc(Cl)c2)cc1-n1ccc(C)n1. The maximum absolute atomic E-state index is 6.27. The monoisotopic (exact) mass is 352 g/mol. The van der Waals surface area contributed by atoms with Gasteiger partial charge in [0, 0.05) is 11.2 Å². The van der Waals surface area contributed by atoms with E-state index in [9.17, 15) is 0 Å². The molecule has 25 heavy (non-hydrogen) atoms. The lowest BCUT2D eigenvalue weighted by molar-refractivity contribution is 0.634. The van der Waals surface area contributed by atoms with Crippen LogP contribution in [0.15, 0.2) is 48.7 Å². The van der Waals surface area contributed by atoms with Crippen molar-refractivity contribution in [3.63, 3.8) is 0 Å². The molecule has 2 nitrogen and oxygen atoms in total. The topological polar surface area (TPSA) is 17.8 Å². The fourth-order valence-corrected chi connectivity index (χ4v) is 3.74. The fraction of sp³-hybridized carbons (Fsp3) is 0.318. The van der Waals surface area contributed by atoms with Crippen molar-refractivity contribution in [2.45, 2.75) is 46.5 Å². The number of aromatic nitrogens is 2. The summed E-state index contributed by atoms with van der Waals surface area (Å²) < 4.78 is 2.00. The standard InChI is InChI=1S/C22H25ClN2/c1-5-17(6-2)21-8-7-18(19-11-15(3)12-20(23)13-19)14-22(21)25-10-9-16(4)24-25/h7-14,17H,5-6H2,1-4H3. The zero-order valence-electron chi connectivity index (χ0n) is 15.4. The molecule has 3 rings (SSSR count). The Morgan fingerprint density at radius 3 is 2.32 bits per heavy atom. The first kappa shape index (κ1) is 17.8. The first-order valence-corrected chi connectivity index (χ1v) is 9.33. The highest BCUT2D eigenvalue weighted by Gasteiger charge is 2.15. The molecule has 0 radical (unpaired) electrons. The van der Waals surface area contributed by atoms with E-state index in [1.54, 1.807) is 0 Å². The molecule has 0 aliphatic carbocycles. The van der Waals surface area contributed by atoms with Crippen LogP contribution in [0, 0.1) is 13.8 Å². The zero-order chi connectivity index (χ0) is 18.0. The highest BCUT2D eigenvalue weighted by molar-refractivity contribution is 6.31. The van der Waals surface area contributed by atoms with Crippen LogP contribution in [0.25, 0.3) is 16.8 Å². The molecule has 0 aliphatic rings. The molecule has 1 heterocycles. The Labute approximate surface area is 155 Å². The van der Waals surface area contributed by atoms with Crippen LogP contribution in [0.1, 0.15) is 49.4 Å². The molecule has 0 spiro atoms. The Hall–Kier alpha value is -2.06. The van der Waals surface area contributed by atoms with Crippen LogP contribution in [0.3, 0.4) is 0 Å². The lowest BCUT2D eigenvalue weighted by Gasteiger charge is -2.19. The molecule has 130 valence electrons. The first-order valence-electron chi connectivity index (χ1n) is 8.96. The van der Waals surface area contributed by atoms with Crippen LogP contribution in [0.5, 0.6) is 0 Å². The second-order valence-corrected chi connectivity index (χ2v) is 7.14. The normalized spacial score (nSPS) is 11.3. The number of halogens is 1. The van der Waals surface area contributed by atoms with Gasteiger partial charge in [-0.05, 0) is 79.1 Å². The van der Waals surface area contributed by atoms with Gasteiger partial charge in [-0.25, -0.2) is 4.68 Å². The van der Waals surface area contributed by atoms with Crippen molar-refractivity contribution in [3.05, 3.63) is 70.5 Å². The first-order chi connectivity index (χ1) is 12.0. The van der Waals surface area contributed by atoms with Crippen LogP contribution < -0.4 is 0 Å². The average molecular weight is 353 g/mol. The summed E-state index contributed by atoms with van der Waals surface area (Å²) in [6.45, 7) is 8.60. The minimum Gasteiger partial charge on any atom is -0.240 e. The van der Waals surface area contributed by atoms with E-state index in [4.69, 9.17) is 11.6 Å². The van der Waals surface area contributed by atoms with Gasteiger partial charge >= 0.3 is 0 Å². The second kappa shape index (κ2) is 7.45. The molecule has 0 atom stereocenters. The number of aryl methyl sites for hydroxylation is 2. The van der Waals surface area contributed by atoms with Gasteiger partial charge in [-0.2, -0.15) is 5.10 Å². The molecule has 3 heteroatoms. The summed E-state index contributed by atoms with van der Waals surface area (Å²) in [5.74, 6) is 0.537. The Morgan fingerprint density at radius 1 is 0.960 bits per heavy atom. The van der Waals surface area contributed by atoms with Crippen molar-refractivity contribution < 1.29 is 0 Å². The molecule has 0 fully saturated rings. The third-order valence-electron chi connectivity index (χ3n) is 4.80. The molecule has 0 amide bonds. The van der Waals surface area contributed by atoms with Gasteiger partial charge in [0.2, 0.25) is 0 Å². The molecule has 0 aliphatic heterocycles. The molecule has 0 saturated carbocycles. The Morgan fingerprint density at radius 2 is 1.72 bits per heavy atom. The van der Waals surface area contributed by atoms with Gasteiger partial charge in [-0.15, -0.1) is 0 Å². The van der Waals surface area contributed by atoms with Crippen LogP contribution >= 0.6 is 11.6 Å². The molecular weight excluding hydrogens is 328 g/mol. The molecule has 2 aromatic carbocycles. The van der Waals surface area contributed by atoms with Crippen molar-refractivity contribution in [1.82, 2.24) is 9.78 Å². The number of hydrogen-bond donors (Lipinski definition) is 0. The van der Waals surface area contributed by atoms with Crippen LogP contribution in [-0.2, 0) is 0 Å². The molecule has 0 bridgehead atoms. The molecule has 0 saturated heterocycles. The van der Waals surface area contributed by atoms with Gasteiger partial charge in [0.1, 0.15) is 0 Å². The van der Waals surface area contributed by atoms with Crippen molar-refractivity contribution in [2.24, 2.45) is 0 Å². The van der Waals surface area contributed by atoms with Crippen molar-refractivity contribution >= 4 is 11.6 Å². The van der Waals surface area contributed by atoms with E-state index in [1.807, 2.05) is 36.0 Å². The Kier molecular flexibility index (Phi) is 5.29. The molecule has 1 aromatic heterocycles. The smallest absolute Gasteiger partial charge is 0.0686 e. The molecular formula is C22H25ClN2. The minimum atomic E-state index is 0.537. The number of nitrogens with zero attached hydrogens (tertiary/aromatic N) is 2. The highest BCUT2D eigenvalue weighted by Crippen LogP contribution is 2.33. The van der Waals surface area contributed by atoms with Gasteiger partial charge < -0.3 is 0 Å². The van der Waals surface area contributed by atoms with Crippen molar-refractivity contribution in [2.75, 3.05) is 0 Å². The van der Waals surface area contributed by atoms with Gasteiger partial charge in [0.15, 0.2) is 0 Å². The lowest BCUT2D eigenvalue weighted by atomic mass is 9.90. The summed E-state index contributed by atoms with van der Waals surface area (Å²) in [6.07, 6.45) is 4.29. The van der Waals surface area contributed by atoms with Crippen molar-refractivity contribution in [3.8, 4) is 16.8 Å². The third-order valence-corrected chi connectivity index (χ3v) is 5.02. The van der Waals surface area contributed by atoms with Crippen LogP contribution in [-0.4, -0.2) is 9.78 Å². The van der Waals surface area contributed by atoms with Gasteiger partial charge in [0.05, 0.1) is 11.4 Å². The van der Waals surface area contributed by atoms with Crippen LogP contribution in [0.4, 0.5) is 0 Å². The van der Waals surface area contributed by atoms with Gasteiger partial charge in [0.25, 0.3) is 0 Å². The maximum Gasteiger partial charge on any atom is 0.0686 e. The predicted molar refractivity (Wildman–Crippen MR) is 107 cm³/mol. The fourth-order valence-electron chi connectivity index (χ4n) is 3.45. The van der Waals surface area contributed by atoms with E-state index < -0.39 is 0 Å². The summed E-state index contributed by atoms with van der Waals surface area (Å²) in [6, 6.07) is 14.9. The molecule has 0 unspecified atom stereocenters. The summed E-state index contributed by atoms with van der Waals surface area (Å²) in [5, 5.41) is 5.43. The van der Waals surface area contributed by atoms with E-state index in [0.29, 0.717) is 5.92 Å². The molecule has 3 aromatic rings. The number of rotatable bonds is 5. The third kappa shape index (κ3) is 3.80. The van der Waals surface area contributed by atoms with Gasteiger partial charge in [-0.3, -0.25) is 0 Å². The average Bonchev–Trinajstić information content (AvgIpc) is 3.01. The second-order valence-electron chi connectivity index (χ2n) is 6.71.